The van der Waals surface area contributed by atoms with Crippen LogP contribution in [0.2, 0.25) is 0 Å². The molecule has 1 heterocycles. The second-order valence-corrected chi connectivity index (χ2v) is 0.938. The van der Waals surface area contributed by atoms with E-state index in [9.17, 15) is 0 Å². The smallest absolute Gasteiger partial charge is 0.258 e. The van der Waals surface area contributed by atoms with Gasteiger partial charge in [-0.15, -0.1) is 4.99 Å². The molecule has 0 saturated heterocycles. The fourth-order valence-electron chi connectivity index (χ4n) is 0.268. The molecule has 0 bridgehead atoms. The van der Waals surface area contributed by atoms with Gasteiger partial charge in [0.2, 0.25) is 13.0 Å². The van der Waals surface area contributed by atoms with Gasteiger partial charge in [-0.05, 0) is 0 Å². The lowest BCUT2D eigenvalue weighted by atomic mass is 10.9. The minimum Gasteiger partial charge on any atom is -0.276 e. The third kappa shape index (κ3) is 0.544. The van der Waals surface area contributed by atoms with Crippen molar-refractivity contribution in [1.82, 2.24) is 10.3 Å². The molecule has 1 radical (unpaired) electrons. The highest BCUT2D eigenvalue weighted by Crippen LogP contribution is 1.57. The SMILES string of the molecule is C1=NCNC=[N+]1. The van der Waals surface area contributed by atoms with Crippen molar-refractivity contribution in [3.63, 3.8) is 0 Å². The van der Waals surface area contributed by atoms with Crippen LogP contribution in [0, 0.1) is 0 Å². The molecule has 0 saturated carbocycles. The van der Waals surface area contributed by atoms with E-state index in [4.69, 9.17) is 0 Å². The lowest BCUT2D eigenvalue weighted by molar-refractivity contribution is 0.924. The lowest BCUT2D eigenvalue weighted by Gasteiger charge is -1.81. The van der Waals surface area contributed by atoms with Crippen molar-refractivity contribution in [2.45, 2.75) is 0 Å². The van der Waals surface area contributed by atoms with Crippen LogP contribution in [-0.2, 0) is 0 Å². The van der Waals surface area contributed by atoms with Crippen LogP contribution in [0.1, 0.15) is 0 Å². The summed E-state index contributed by atoms with van der Waals surface area (Å²) in [7, 11) is 0. The fourth-order valence-corrected chi connectivity index (χ4v) is 0.268. The summed E-state index contributed by atoms with van der Waals surface area (Å²) in [5.41, 5.74) is 0. The highest BCUT2D eigenvalue weighted by atomic mass is 15.1. The summed E-state index contributed by atoms with van der Waals surface area (Å²) in [5.74, 6) is 0. The van der Waals surface area contributed by atoms with Gasteiger partial charge in [-0.2, -0.15) is 0 Å². The molecule has 0 unspecified atom stereocenters. The molecule has 0 spiro atoms. The summed E-state index contributed by atoms with van der Waals surface area (Å²) in [4.78, 5) is 7.39. The van der Waals surface area contributed by atoms with Gasteiger partial charge in [-0.1, -0.05) is 4.99 Å². The number of nitrogens with one attached hydrogen (secondary N) is 1. The highest BCUT2D eigenvalue weighted by Gasteiger charge is 1.86. The van der Waals surface area contributed by atoms with E-state index in [1.54, 1.807) is 6.34 Å². The van der Waals surface area contributed by atoms with Crippen molar-refractivity contribution in [3.05, 3.63) is 0 Å². The average Bonchev–Trinajstić information content (AvgIpc) is 1.72. The van der Waals surface area contributed by atoms with Gasteiger partial charge in [0, 0.05) is 0 Å². The van der Waals surface area contributed by atoms with E-state index in [1.165, 1.54) is 6.34 Å². The first kappa shape index (κ1) is 3.33. The van der Waals surface area contributed by atoms with Crippen LogP contribution in [0.15, 0.2) is 4.99 Å². The first-order valence-electron chi connectivity index (χ1n) is 1.73. The molecule has 6 heavy (non-hydrogen) atoms. The van der Waals surface area contributed by atoms with Gasteiger partial charge in [0.15, 0.2) is 0 Å². The Kier molecular flexibility index (Phi) is 0.859. The predicted molar refractivity (Wildman–Crippen MR) is 24.7 cm³/mol. The highest BCUT2D eigenvalue weighted by molar-refractivity contribution is 5.69. The predicted octanol–water partition coefficient (Wildman–Crippen LogP) is -1.06. The van der Waals surface area contributed by atoms with Crippen LogP contribution in [0.5, 0.6) is 0 Å². The van der Waals surface area contributed by atoms with Crippen LogP contribution in [0.4, 0.5) is 0 Å². The summed E-state index contributed by atoms with van der Waals surface area (Å²) in [6, 6.07) is 0. The molecule has 1 rings (SSSR count). The summed E-state index contributed by atoms with van der Waals surface area (Å²) < 4.78 is 0. The largest absolute Gasteiger partial charge is 0.276 e. The van der Waals surface area contributed by atoms with Crippen LogP contribution in [0.25, 0.3) is 0 Å². The maximum Gasteiger partial charge on any atom is 0.258 e. The van der Waals surface area contributed by atoms with Crippen LogP contribution < -0.4 is 10.3 Å². The Morgan fingerprint density at radius 2 is 2.83 bits per heavy atom. The maximum absolute atomic E-state index is 3.74. The van der Waals surface area contributed by atoms with Crippen LogP contribution in [-0.4, -0.2) is 19.3 Å². The molecule has 0 aromatic carbocycles. The van der Waals surface area contributed by atoms with Gasteiger partial charge in [0.1, 0.15) is 0 Å². The van der Waals surface area contributed by atoms with Crippen molar-refractivity contribution in [1.29, 1.82) is 0 Å². The van der Waals surface area contributed by atoms with E-state index in [0.29, 0.717) is 6.67 Å². The van der Waals surface area contributed by atoms with E-state index in [2.05, 4.69) is 15.3 Å². The molecule has 0 amide bonds. The van der Waals surface area contributed by atoms with Crippen molar-refractivity contribution in [2.24, 2.45) is 4.99 Å². The topological polar surface area (TPSA) is 38.5 Å². The van der Waals surface area contributed by atoms with Crippen molar-refractivity contribution in [2.75, 3.05) is 6.67 Å². The number of hydrogen-bond donors (Lipinski definition) is 1. The molecule has 0 atom stereocenters. The molecule has 0 aliphatic carbocycles. The molecule has 3 heteroatoms. The molecule has 3 nitrogen and oxygen atoms in total. The third-order valence-corrected chi connectivity index (χ3v) is 0.497. The molecule has 1 aliphatic rings. The molecule has 1 N–H and O–H groups in total. The van der Waals surface area contributed by atoms with E-state index < -0.39 is 0 Å². The quantitative estimate of drug-likeness (QED) is 0.398. The fraction of sp³-hybridized carbons (Fsp3) is 0.333. The number of nitrogens with zero attached hydrogens (tertiary/aromatic N) is 2. The average molecular weight is 83.1 g/mol. The van der Waals surface area contributed by atoms with Crippen molar-refractivity contribution < 1.29 is 0 Å². The van der Waals surface area contributed by atoms with Gasteiger partial charge in [0.25, 0.3) is 6.34 Å². The van der Waals surface area contributed by atoms with Crippen LogP contribution in [0.3, 0.4) is 0 Å². The van der Waals surface area contributed by atoms with Crippen molar-refractivity contribution in [3.8, 4) is 0 Å². The van der Waals surface area contributed by atoms with E-state index >= 15 is 0 Å². The zero-order valence-corrected chi connectivity index (χ0v) is 3.26. The maximum atomic E-state index is 3.74. The van der Waals surface area contributed by atoms with Gasteiger partial charge in [-0.3, -0.25) is 5.32 Å². The van der Waals surface area contributed by atoms with Gasteiger partial charge >= 0.3 is 0 Å². The summed E-state index contributed by atoms with van der Waals surface area (Å²) >= 11 is 0. The molecular formula is C3H5N3+. The normalized spacial score (nSPS) is 17.3. The first-order chi connectivity index (χ1) is 3.00. The number of aliphatic imine (C=N–C) groups is 2. The second-order valence-electron chi connectivity index (χ2n) is 0.938. The zero-order valence-electron chi connectivity index (χ0n) is 3.26. The van der Waals surface area contributed by atoms with Crippen molar-refractivity contribution >= 4 is 12.7 Å². The van der Waals surface area contributed by atoms with Crippen LogP contribution >= 0.6 is 0 Å². The molecule has 31 valence electrons. The van der Waals surface area contributed by atoms with E-state index in [0.717, 1.165) is 0 Å². The second kappa shape index (κ2) is 1.55. The standard InChI is InChI=1S/C3H5N3/c1-4-2-6-3-5-1/h1-2,5H,3H2/q+1. The number of hydrogen-bond acceptors (Lipinski definition) is 3. The monoisotopic (exact) mass is 83.0 g/mol. The van der Waals surface area contributed by atoms with Gasteiger partial charge < -0.3 is 0 Å². The Bertz CT molecular complexity index is 72.0. The Morgan fingerprint density at radius 1 is 1.83 bits per heavy atom. The molecular weight excluding hydrogens is 78.1 g/mol. The zero-order chi connectivity index (χ0) is 4.24. The summed E-state index contributed by atoms with van der Waals surface area (Å²) in [6.45, 7) is 0.670. The molecule has 1 aliphatic heterocycles. The summed E-state index contributed by atoms with van der Waals surface area (Å²) in [5, 5.41) is 2.80. The molecule has 0 fully saturated rings. The minimum absolute atomic E-state index is 0.670. The summed E-state index contributed by atoms with van der Waals surface area (Å²) in [6.07, 6.45) is 3.14. The Hall–Kier alpha value is -0.860. The van der Waals surface area contributed by atoms with E-state index in [1.807, 2.05) is 0 Å². The lowest BCUT2D eigenvalue weighted by Crippen LogP contribution is -2.18. The van der Waals surface area contributed by atoms with Gasteiger partial charge in [-0.25, -0.2) is 0 Å². The minimum atomic E-state index is 0.670. The first-order valence-corrected chi connectivity index (χ1v) is 1.73. The molecule has 0 aromatic heterocycles. The molecule has 0 aromatic rings. The Morgan fingerprint density at radius 3 is 3.00 bits per heavy atom. The Balaban J connectivity index is 2.46. The number of rotatable bonds is 0. The third-order valence-electron chi connectivity index (χ3n) is 0.497. The van der Waals surface area contributed by atoms with E-state index in [-0.39, 0.29) is 0 Å². The van der Waals surface area contributed by atoms with Gasteiger partial charge in [0.05, 0.1) is 0 Å². The Labute approximate surface area is 35.8 Å².